The molecule has 0 saturated carbocycles. The molecule has 27 heavy (non-hydrogen) atoms. The topological polar surface area (TPSA) is 62.1 Å². The maximum absolute atomic E-state index is 13.4. The van der Waals surface area contributed by atoms with Crippen LogP contribution < -0.4 is 5.56 Å². The van der Waals surface area contributed by atoms with Crippen molar-refractivity contribution in [2.45, 2.75) is 20.0 Å². The Balaban J connectivity index is 1.61. The first kappa shape index (κ1) is 17.6. The Hall–Kier alpha value is -2.77. The molecule has 0 saturated heterocycles. The third-order valence-electron chi connectivity index (χ3n) is 4.40. The maximum atomic E-state index is 13.4. The lowest BCUT2D eigenvalue weighted by molar-refractivity contribution is 0.264. The van der Waals surface area contributed by atoms with E-state index in [2.05, 4.69) is 14.9 Å². The second kappa shape index (κ2) is 7.46. The van der Waals surface area contributed by atoms with Crippen LogP contribution in [0.5, 0.6) is 0 Å². The van der Waals surface area contributed by atoms with Gasteiger partial charge in [-0.2, -0.15) is 0 Å². The Kier molecular flexibility index (Phi) is 4.87. The molecule has 138 valence electrons. The van der Waals surface area contributed by atoms with Gasteiger partial charge < -0.3 is 9.40 Å². The van der Waals surface area contributed by atoms with Crippen molar-refractivity contribution in [2.75, 3.05) is 6.54 Å². The molecule has 4 rings (SSSR count). The van der Waals surface area contributed by atoms with E-state index in [1.165, 1.54) is 23.5 Å². The molecule has 3 heterocycles. The van der Waals surface area contributed by atoms with Gasteiger partial charge in [0.2, 0.25) is 0 Å². The fourth-order valence-corrected chi connectivity index (χ4v) is 4.01. The van der Waals surface area contributed by atoms with Gasteiger partial charge in [0.25, 0.3) is 5.56 Å². The number of furan rings is 1. The molecule has 0 radical (unpaired) electrons. The molecule has 3 aromatic heterocycles. The first-order valence-corrected chi connectivity index (χ1v) is 9.53. The van der Waals surface area contributed by atoms with Crippen molar-refractivity contribution in [3.63, 3.8) is 0 Å². The summed E-state index contributed by atoms with van der Waals surface area (Å²) >= 11 is 1.42. The number of halogens is 1. The zero-order valence-corrected chi connectivity index (χ0v) is 15.6. The van der Waals surface area contributed by atoms with Gasteiger partial charge in [-0.25, -0.2) is 9.37 Å². The fourth-order valence-electron chi connectivity index (χ4n) is 3.07. The second-order valence-corrected chi connectivity index (χ2v) is 7.11. The van der Waals surface area contributed by atoms with Crippen LogP contribution in [0.1, 0.15) is 18.3 Å². The molecule has 0 unspecified atom stereocenters. The van der Waals surface area contributed by atoms with Crippen LogP contribution in [0.4, 0.5) is 4.39 Å². The van der Waals surface area contributed by atoms with E-state index < -0.39 is 0 Å². The van der Waals surface area contributed by atoms with Crippen LogP contribution in [0.15, 0.2) is 57.3 Å². The van der Waals surface area contributed by atoms with Crippen LogP contribution in [0.3, 0.4) is 0 Å². The Bertz CT molecular complexity index is 1120. The van der Waals surface area contributed by atoms with E-state index in [4.69, 9.17) is 4.42 Å². The fraction of sp³-hybridized carbons (Fsp3) is 0.200. The van der Waals surface area contributed by atoms with E-state index in [0.717, 1.165) is 17.7 Å². The van der Waals surface area contributed by atoms with E-state index in [9.17, 15) is 9.18 Å². The van der Waals surface area contributed by atoms with E-state index >= 15 is 0 Å². The average molecular weight is 383 g/mol. The molecule has 4 aromatic rings. The van der Waals surface area contributed by atoms with Crippen molar-refractivity contribution in [2.24, 2.45) is 0 Å². The Morgan fingerprint density at radius 2 is 2.15 bits per heavy atom. The number of aromatic nitrogens is 2. The van der Waals surface area contributed by atoms with Crippen LogP contribution in [0.25, 0.3) is 21.5 Å². The Morgan fingerprint density at radius 1 is 1.26 bits per heavy atom. The molecule has 5 nitrogen and oxygen atoms in total. The van der Waals surface area contributed by atoms with E-state index in [1.807, 2.05) is 24.4 Å². The number of H-pyrrole nitrogens is 1. The first-order chi connectivity index (χ1) is 13.1. The summed E-state index contributed by atoms with van der Waals surface area (Å²) in [5.41, 5.74) is 1.47. The molecule has 0 spiro atoms. The molecule has 0 aliphatic heterocycles. The van der Waals surface area contributed by atoms with Gasteiger partial charge in [0.15, 0.2) is 0 Å². The summed E-state index contributed by atoms with van der Waals surface area (Å²) < 4.78 is 18.8. The lowest BCUT2D eigenvalue weighted by Crippen LogP contribution is -2.25. The van der Waals surface area contributed by atoms with Crippen molar-refractivity contribution in [1.82, 2.24) is 14.9 Å². The molecule has 7 heteroatoms. The van der Waals surface area contributed by atoms with Crippen LogP contribution in [-0.4, -0.2) is 21.4 Å². The highest BCUT2D eigenvalue weighted by Gasteiger charge is 2.16. The van der Waals surface area contributed by atoms with Gasteiger partial charge in [0, 0.05) is 17.5 Å². The number of thiophene rings is 1. The normalized spacial score (nSPS) is 11.5. The second-order valence-electron chi connectivity index (χ2n) is 6.25. The number of hydrogen-bond acceptors (Lipinski definition) is 5. The highest BCUT2D eigenvalue weighted by molar-refractivity contribution is 7.17. The molecular formula is C20H18FN3O2S. The Morgan fingerprint density at radius 3 is 2.89 bits per heavy atom. The zero-order chi connectivity index (χ0) is 18.8. The predicted octanol–water partition coefficient (Wildman–Crippen LogP) is 4.41. The molecule has 0 aliphatic rings. The third kappa shape index (κ3) is 3.70. The van der Waals surface area contributed by atoms with E-state index in [-0.39, 0.29) is 11.4 Å². The van der Waals surface area contributed by atoms with Gasteiger partial charge in [-0.1, -0.05) is 19.1 Å². The highest BCUT2D eigenvalue weighted by atomic mass is 32.1. The van der Waals surface area contributed by atoms with Gasteiger partial charge >= 0.3 is 0 Å². The van der Waals surface area contributed by atoms with E-state index in [0.29, 0.717) is 34.9 Å². The zero-order valence-electron chi connectivity index (χ0n) is 14.7. The van der Waals surface area contributed by atoms with Crippen molar-refractivity contribution in [3.05, 3.63) is 75.6 Å². The number of hydrogen-bond donors (Lipinski definition) is 1. The summed E-state index contributed by atoms with van der Waals surface area (Å²) in [6, 6.07) is 10.2. The number of aromatic amines is 1. The third-order valence-corrected chi connectivity index (χ3v) is 5.27. The molecule has 0 fully saturated rings. The van der Waals surface area contributed by atoms with Crippen molar-refractivity contribution in [1.29, 1.82) is 0 Å². The maximum Gasteiger partial charge on any atom is 0.260 e. The van der Waals surface area contributed by atoms with Gasteiger partial charge in [-0.05, 0) is 36.4 Å². The van der Waals surface area contributed by atoms with Crippen molar-refractivity contribution < 1.29 is 8.81 Å². The molecule has 1 aromatic carbocycles. The molecule has 0 amide bonds. The minimum Gasteiger partial charge on any atom is -0.464 e. The van der Waals surface area contributed by atoms with Gasteiger partial charge in [-0.3, -0.25) is 9.69 Å². The molecular weight excluding hydrogens is 365 g/mol. The Labute approximate surface area is 159 Å². The summed E-state index contributed by atoms with van der Waals surface area (Å²) in [5, 5.41) is 2.44. The summed E-state index contributed by atoms with van der Waals surface area (Å²) in [6.07, 6.45) is 1.58. The van der Waals surface area contributed by atoms with Crippen LogP contribution in [0, 0.1) is 5.82 Å². The smallest absolute Gasteiger partial charge is 0.260 e. The quantitative estimate of drug-likeness (QED) is 0.536. The predicted molar refractivity (Wildman–Crippen MR) is 104 cm³/mol. The number of rotatable bonds is 6. The summed E-state index contributed by atoms with van der Waals surface area (Å²) in [5.74, 6) is 1.00. The number of nitrogens with zero attached hydrogens (tertiary/aromatic N) is 2. The summed E-state index contributed by atoms with van der Waals surface area (Å²) in [6.45, 7) is 3.83. The lowest BCUT2D eigenvalue weighted by atomic mass is 10.2. The number of benzene rings is 1. The monoisotopic (exact) mass is 383 g/mol. The molecule has 0 aliphatic carbocycles. The van der Waals surface area contributed by atoms with Crippen LogP contribution in [0.2, 0.25) is 0 Å². The van der Waals surface area contributed by atoms with Crippen molar-refractivity contribution >= 4 is 21.6 Å². The van der Waals surface area contributed by atoms with Crippen LogP contribution >= 0.6 is 11.3 Å². The lowest BCUT2D eigenvalue weighted by Gasteiger charge is -2.19. The number of nitrogens with one attached hydrogen (secondary N) is 1. The summed E-state index contributed by atoms with van der Waals surface area (Å²) in [4.78, 5) is 22.9. The van der Waals surface area contributed by atoms with E-state index in [1.54, 1.807) is 18.4 Å². The SMILES string of the molecule is CCN(Cc1cccc(F)c1)Cc1nc2scc(-c3ccco3)c2c(=O)[nH]1. The van der Waals surface area contributed by atoms with Crippen molar-refractivity contribution in [3.8, 4) is 11.3 Å². The number of fused-ring (bicyclic) bond motifs is 1. The minimum atomic E-state index is -0.249. The highest BCUT2D eigenvalue weighted by Crippen LogP contribution is 2.30. The standard InChI is InChI=1S/C20H18FN3O2S/c1-2-24(10-13-5-3-6-14(21)9-13)11-17-22-19(25)18-15(12-27-20(18)23-17)16-7-4-8-26-16/h3-9,12H,2,10-11H2,1H3,(H,22,23,25). The summed E-state index contributed by atoms with van der Waals surface area (Å²) in [7, 11) is 0. The molecule has 0 atom stereocenters. The van der Waals surface area contributed by atoms with Gasteiger partial charge in [0.1, 0.15) is 22.2 Å². The van der Waals surface area contributed by atoms with Gasteiger partial charge in [0.05, 0.1) is 18.2 Å². The van der Waals surface area contributed by atoms with Gasteiger partial charge in [-0.15, -0.1) is 11.3 Å². The van der Waals surface area contributed by atoms with Crippen LogP contribution in [-0.2, 0) is 13.1 Å². The largest absolute Gasteiger partial charge is 0.464 e. The first-order valence-electron chi connectivity index (χ1n) is 8.65. The average Bonchev–Trinajstić information content (AvgIpc) is 3.30. The minimum absolute atomic E-state index is 0.176. The molecule has 1 N–H and O–H groups in total. The molecule has 0 bridgehead atoms.